The lowest BCUT2D eigenvalue weighted by atomic mass is 9.83. The number of aromatic nitrogens is 3. The highest BCUT2D eigenvalue weighted by Crippen LogP contribution is 2.32. The number of hydrogen-bond acceptors (Lipinski definition) is 13. The third-order valence-corrected chi connectivity index (χ3v) is 14.0. The second-order valence-electron chi connectivity index (χ2n) is 17.5. The van der Waals surface area contributed by atoms with Crippen LogP contribution in [0.4, 0.5) is 0 Å². The number of pyridine rings is 1. The third-order valence-electron chi connectivity index (χ3n) is 13.1. The second kappa shape index (κ2) is 22.4. The van der Waals surface area contributed by atoms with E-state index in [1.165, 1.54) is 6.42 Å². The van der Waals surface area contributed by atoms with Crippen molar-refractivity contribution in [2.75, 3.05) is 79.4 Å². The number of thiophene rings is 1. The third kappa shape index (κ3) is 11.9. The van der Waals surface area contributed by atoms with Crippen molar-refractivity contribution in [3.05, 3.63) is 71.1 Å². The summed E-state index contributed by atoms with van der Waals surface area (Å²) in [7, 11) is 1.74. The van der Waals surface area contributed by atoms with Crippen molar-refractivity contribution in [1.82, 2.24) is 40.0 Å². The van der Waals surface area contributed by atoms with Crippen LogP contribution in [-0.2, 0) is 32.2 Å². The largest absolute Gasteiger partial charge is 0.489 e. The van der Waals surface area contributed by atoms with Gasteiger partial charge in [-0.25, -0.2) is 0 Å². The maximum atomic E-state index is 13.8. The lowest BCUT2D eigenvalue weighted by molar-refractivity contribution is -0.140. The number of amides is 3. The summed E-state index contributed by atoms with van der Waals surface area (Å²) in [6.07, 6.45) is 9.06. The molecule has 0 bridgehead atoms. The number of benzene rings is 1. The van der Waals surface area contributed by atoms with Gasteiger partial charge >= 0.3 is 0 Å². The number of likely N-dealkylation sites (N-methyl/N-ethyl adjacent to an activating group) is 1. The fourth-order valence-corrected chi connectivity index (χ4v) is 10.1. The molecule has 3 aliphatic rings. The van der Waals surface area contributed by atoms with E-state index in [0.29, 0.717) is 83.7 Å². The highest BCUT2D eigenvalue weighted by molar-refractivity contribution is 7.17. The van der Waals surface area contributed by atoms with Gasteiger partial charge in [0, 0.05) is 80.2 Å². The predicted molar refractivity (Wildman–Crippen MR) is 248 cm³/mol. The molecular formula is C48H64N8O8S. The summed E-state index contributed by atoms with van der Waals surface area (Å²) in [5, 5.41) is 13.2. The monoisotopic (exact) mass is 912 g/mol. The summed E-state index contributed by atoms with van der Waals surface area (Å²) >= 11 is 1.66. The maximum Gasteiger partial charge on any atom is 0.254 e. The number of fused-ring (bicyclic) bond motifs is 2. The van der Waals surface area contributed by atoms with E-state index in [2.05, 4.69) is 43.2 Å². The van der Waals surface area contributed by atoms with Gasteiger partial charge in [0.25, 0.3) is 11.8 Å². The van der Waals surface area contributed by atoms with Crippen molar-refractivity contribution >= 4 is 50.2 Å². The fraction of sp³-hybridized carbons (Fsp3) is 0.562. The minimum absolute atomic E-state index is 0.0363. The molecule has 350 valence electrons. The van der Waals surface area contributed by atoms with Gasteiger partial charge in [0.1, 0.15) is 24.5 Å². The van der Waals surface area contributed by atoms with E-state index in [9.17, 15) is 14.4 Å². The molecule has 65 heavy (non-hydrogen) atoms. The zero-order chi connectivity index (χ0) is 45.1. The van der Waals surface area contributed by atoms with Crippen LogP contribution in [0.3, 0.4) is 0 Å². The number of nitrogens with one attached hydrogen (secondary N) is 2. The topological polar surface area (TPSA) is 166 Å². The Hall–Kier alpha value is -5.07. The molecule has 3 amide bonds. The van der Waals surface area contributed by atoms with Crippen LogP contribution in [0.2, 0.25) is 0 Å². The molecule has 2 saturated heterocycles. The first-order chi connectivity index (χ1) is 31.7. The quantitative estimate of drug-likeness (QED) is 0.0923. The van der Waals surface area contributed by atoms with E-state index >= 15 is 0 Å². The highest BCUT2D eigenvalue weighted by Gasteiger charge is 2.36. The zero-order valence-corrected chi connectivity index (χ0v) is 38.8. The number of ether oxygens (including phenoxy) is 4. The zero-order valence-electron chi connectivity index (χ0n) is 38.0. The molecule has 0 radical (unpaired) electrons. The Morgan fingerprint density at radius 2 is 1.63 bits per heavy atom. The molecule has 1 aromatic carbocycles. The van der Waals surface area contributed by atoms with E-state index in [4.69, 9.17) is 23.5 Å². The molecular weight excluding hydrogens is 849 g/mol. The molecule has 2 N–H and O–H groups in total. The van der Waals surface area contributed by atoms with Gasteiger partial charge in [-0.05, 0) is 99.4 Å². The van der Waals surface area contributed by atoms with Gasteiger partial charge < -0.3 is 48.5 Å². The number of carbonyl (C=O) groups is 3. The Labute approximate surface area is 384 Å². The fourth-order valence-electron chi connectivity index (χ4n) is 9.25. The van der Waals surface area contributed by atoms with Crippen molar-refractivity contribution in [3.8, 4) is 11.6 Å². The average Bonchev–Trinajstić information content (AvgIpc) is 4.09. The minimum Gasteiger partial charge on any atom is -0.489 e. The summed E-state index contributed by atoms with van der Waals surface area (Å²) in [5.74, 6) is 2.04. The smallest absolute Gasteiger partial charge is 0.254 e. The number of rotatable bonds is 20. The minimum atomic E-state index is -0.536. The number of nitrogens with zero attached hydrogens (tertiary/aromatic N) is 6. The molecule has 6 heterocycles. The number of hydrogen-bond donors (Lipinski definition) is 2. The van der Waals surface area contributed by atoms with Gasteiger partial charge in [-0.1, -0.05) is 19.3 Å². The van der Waals surface area contributed by atoms with Gasteiger partial charge in [-0.3, -0.25) is 24.3 Å². The molecule has 8 rings (SSSR count). The lowest BCUT2D eigenvalue weighted by Crippen LogP contribution is -2.59. The van der Waals surface area contributed by atoms with Crippen LogP contribution in [0, 0.1) is 12.8 Å². The highest BCUT2D eigenvalue weighted by atomic mass is 32.1. The summed E-state index contributed by atoms with van der Waals surface area (Å²) in [5.41, 5.74) is 3.74. The first kappa shape index (κ1) is 46.5. The van der Waals surface area contributed by atoms with Gasteiger partial charge in [-0.2, -0.15) is 0 Å². The van der Waals surface area contributed by atoms with Crippen LogP contribution in [-0.4, -0.2) is 145 Å². The van der Waals surface area contributed by atoms with Crippen molar-refractivity contribution in [3.63, 3.8) is 0 Å². The Kier molecular flexibility index (Phi) is 16.0. The number of piperidine rings is 1. The summed E-state index contributed by atoms with van der Waals surface area (Å²) < 4.78 is 32.6. The molecule has 4 aromatic heterocycles. The van der Waals surface area contributed by atoms with Gasteiger partial charge in [0.15, 0.2) is 5.76 Å². The number of aryl methyl sites for hydroxylation is 1. The van der Waals surface area contributed by atoms with E-state index in [0.717, 1.165) is 89.9 Å². The molecule has 0 spiro atoms. The maximum absolute atomic E-state index is 13.8. The predicted octanol–water partition coefficient (Wildman–Crippen LogP) is 5.66. The van der Waals surface area contributed by atoms with E-state index < -0.39 is 6.04 Å². The first-order valence-corrected chi connectivity index (χ1v) is 24.2. The van der Waals surface area contributed by atoms with Crippen molar-refractivity contribution < 1.29 is 37.9 Å². The molecule has 1 aliphatic carbocycles. The van der Waals surface area contributed by atoms with Gasteiger partial charge in [-0.15, -0.1) is 11.3 Å². The standard InChI is InChI=1S/C48H64N8O8S/c1-33-29-37-30-36(47(58)54-18-20-55(21-19-54)48(59)44(35-7-5-4-6-8-35)51-46(57)34(2)49-3)9-10-41(37)56(33)22-23-60-24-25-61-26-27-62-43-31-39(64-52-43)32-53-16-12-38(13-17-53)63-42-11-15-50-40-14-28-65-45(40)42/h9-11,14-15,28-31,34-35,38,44,49H,4-8,12-13,16-27,32H2,1-3H3,(H,51,57)/t34-,44?/m0/s1. The Balaban J connectivity index is 0.702. The van der Waals surface area contributed by atoms with Crippen LogP contribution in [0.1, 0.15) is 73.7 Å². The molecule has 2 atom stereocenters. The molecule has 2 aliphatic heterocycles. The van der Waals surface area contributed by atoms with Crippen LogP contribution >= 0.6 is 11.3 Å². The molecule has 3 fully saturated rings. The molecule has 17 heteroatoms. The molecule has 5 aromatic rings. The van der Waals surface area contributed by atoms with Crippen LogP contribution in [0.25, 0.3) is 21.1 Å². The first-order valence-electron chi connectivity index (χ1n) is 23.3. The van der Waals surface area contributed by atoms with Crippen LogP contribution < -0.4 is 20.1 Å². The number of piperazine rings is 1. The Morgan fingerprint density at radius 3 is 2.42 bits per heavy atom. The number of likely N-dealkylation sites (tertiary alicyclic amines) is 1. The molecule has 1 saturated carbocycles. The van der Waals surface area contributed by atoms with E-state index in [-0.39, 0.29) is 35.8 Å². The molecule has 1 unspecified atom stereocenters. The summed E-state index contributed by atoms with van der Waals surface area (Å²) in [4.78, 5) is 50.8. The van der Waals surface area contributed by atoms with Gasteiger partial charge in [0.2, 0.25) is 11.8 Å². The van der Waals surface area contributed by atoms with Crippen molar-refractivity contribution in [2.24, 2.45) is 5.92 Å². The van der Waals surface area contributed by atoms with Crippen molar-refractivity contribution in [1.29, 1.82) is 0 Å². The van der Waals surface area contributed by atoms with Crippen molar-refractivity contribution in [2.45, 2.75) is 90.1 Å². The van der Waals surface area contributed by atoms with E-state index in [1.807, 2.05) is 57.8 Å². The molecule has 16 nitrogen and oxygen atoms in total. The Morgan fingerprint density at radius 1 is 0.877 bits per heavy atom. The van der Waals surface area contributed by atoms with Gasteiger partial charge in [0.05, 0.1) is 49.2 Å². The summed E-state index contributed by atoms with van der Waals surface area (Å²) in [6.45, 7) is 11.0. The normalized spacial score (nSPS) is 17.7. The van der Waals surface area contributed by atoms with Crippen LogP contribution in [0.5, 0.6) is 11.6 Å². The number of carbonyl (C=O) groups excluding carboxylic acids is 3. The van der Waals surface area contributed by atoms with E-state index in [1.54, 1.807) is 25.3 Å². The van der Waals surface area contributed by atoms with Crippen LogP contribution in [0.15, 0.2) is 58.6 Å². The second-order valence-corrected chi connectivity index (χ2v) is 18.4. The SMILES string of the molecule is CN[C@@H](C)C(=O)NC(C(=O)N1CCN(C(=O)c2ccc3c(c2)cc(C)n3CCOCCOCCOc2cc(CN3CCC(Oc4ccnc5ccsc45)CC3)on2)CC1)C1CCCCC1. The average molecular weight is 913 g/mol. The Bertz CT molecular complexity index is 2340. The summed E-state index contributed by atoms with van der Waals surface area (Å²) in [6, 6.07) is 12.9. The lowest BCUT2D eigenvalue weighted by Gasteiger charge is -2.39.